The van der Waals surface area contributed by atoms with E-state index >= 15 is 0 Å². The van der Waals surface area contributed by atoms with Crippen LogP contribution < -0.4 is 10.6 Å². The number of fused-ring (bicyclic) bond motifs is 1. The van der Waals surface area contributed by atoms with Crippen LogP contribution in [-0.4, -0.2) is 45.9 Å². The van der Waals surface area contributed by atoms with Gasteiger partial charge in [0.1, 0.15) is 0 Å². The number of aryl methyl sites for hydroxylation is 1. The number of rotatable bonds is 10. The van der Waals surface area contributed by atoms with Crippen LogP contribution >= 0.6 is 24.0 Å². The zero-order chi connectivity index (χ0) is 17.7. The van der Waals surface area contributed by atoms with Crippen LogP contribution in [0.3, 0.4) is 0 Å². The number of nitrogens with one attached hydrogen (secondary N) is 2. The predicted molar refractivity (Wildman–Crippen MR) is 119 cm³/mol. The normalized spacial score (nSPS) is 16.5. The van der Waals surface area contributed by atoms with Gasteiger partial charge >= 0.3 is 0 Å². The minimum atomic E-state index is 0. The van der Waals surface area contributed by atoms with E-state index in [-0.39, 0.29) is 30.1 Å². The molecule has 2 rings (SSSR count). The van der Waals surface area contributed by atoms with Crippen molar-refractivity contribution in [1.29, 1.82) is 0 Å². The third-order valence-corrected chi connectivity index (χ3v) is 4.43. The Bertz CT molecular complexity index is 526. The van der Waals surface area contributed by atoms with Crippen LogP contribution in [0.5, 0.6) is 0 Å². The number of hydrogen-bond donors (Lipinski definition) is 2. The van der Waals surface area contributed by atoms with Crippen LogP contribution in [-0.2, 0) is 15.9 Å². The fraction of sp³-hybridized carbons (Fsp3) is 0.650. The van der Waals surface area contributed by atoms with Crippen LogP contribution in [0.2, 0.25) is 0 Å². The quantitative estimate of drug-likeness (QED) is 0.235. The largest absolute Gasteiger partial charge is 0.382 e. The van der Waals surface area contributed by atoms with Crippen molar-refractivity contribution in [2.24, 2.45) is 4.99 Å². The Morgan fingerprint density at radius 2 is 1.88 bits per heavy atom. The predicted octanol–water partition coefficient (Wildman–Crippen LogP) is 3.68. The Morgan fingerprint density at radius 1 is 1.15 bits per heavy atom. The van der Waals surface area contributed by atoms with Crippen molar-refractivity contribution < 1.29 is 9.47 Å². The molecule has 0 saturated carbocycles. The molecule has 0 spiro atoms. The molecular weight excluding hydrogens is 441 g/mol. The first kappa shape index (κ1) is 23.2. The van der Waals surface area contributed by atoms with E-state index in [4.69, 9.17) is 9.47 Å². The molecule has 0 heterocycles. The van der Waals surface area contributed by atoms with Crippen LogP contribution in [0.25, 0.3) is 0 Å². The molecule has 1 aliphatic rings. The summed E-state index contributed by atoms with van der Waals surface area (Å²) in [5, 5.41) is 6.63. The van der Waals surface area contributed by atoms with Gasteiger partial charge in [0, 0.05) is 40.0 Å². The van der Waals surface area contributed by atoms with E-state index in [0.29, 0.717) is 0 Å². The third-order valence-electron chi connectivity index (χ3n) is 4.43. The molecule has 0 bridgehead atoms. The Morgan fingerprint density at radius 3 is 2.62 bits per heavy atom. The second kappa shape index (κ2) is 14.2. The highest BCUT2D eigenvalue weighted by molar-refractivity contribution is 14.0. The minimum absolute atomic E-state index is 0. The number of ether oxygens (including phenoxy) is 2. The van der Waals surface area contributed by atoms with Crippen LogP contribution in [0, 0.1) is 0 Å². The molecule has 1 atom stereocenters. The highest BCUT2D eigenvalue weighted by Gasteiger charge is 2.19. The van der Waals surface area contributed by atoms with Gasteiger partial charge in [-0.05, 0) is 50.2 Å². The maximum atomic E-state index is 6.13. The summed E-state index contributed by atoms with van der Waals surface area (Å²) in [6.07, 6.45) is 5.76. The minimum Gasteiger partial charge on any atom is -0.382 e. The van der Waals surface area contributed by atoms with E-state index in [9.17, 15) is 0 Å². The molecule has 1 aromatic rings. The summed E-state index contributed by atoms with van der Waals surface area (Å²) < 4.78 is 11.5. The van der Waals surface area contributed by atoms with Gasteiger partial charge in [-0.3, -0.25) is 4.99 Å². The molecule has 0 saturated heterocycles. The Hall–Kier alpha value is -0.860. The summed E-state index contributed by atoms with van der Waals surface area (Å²) in [4.78, 5) is 4.24. The van der Waals surface area contributed by atoms with Crippen LogP contribution in [0.15, 0.2) is 29.3 Å². The summed E-state index contributed by atoms with van der Waals surface area (Å²) in [5.41, 5.74) is 2.84. The van der Waals surface area contributed by atoms with Crippen LogP contribution in [0.1, 0.15) is 49.8 Å². The maximum Gasteiger partial charge on any atom is 0.190 e. The van der Waals surface area contributed by atoms with Crippen molar-refractivity contribution in [2.45, 2.75) is 45.1 Å². The Balaban J connectivity index is 0.00000338. The number of nitrogens with zero attached hydrogens (tertiary/aromatic N) is 1. The summed E-state index contributed by atoms with van der Waals surface area (Å²) in [7, 11) is 1.80. The van der Waals surface area contributed by atoms with Crippen molar-refractivity contribution in [3.8, 4) is 0 Å². The molecule has 1 aromatic carbocycles. The van der Waals surface area contributed by atoms with Crippen LogP contribution in [0.4, 0.5) is 0 Å². The summed E-state index contributed by atoms with van der Waals surface area (Å²) in [5.74, 6) is 0.847. The molecule has 2 N–H and O–H groups in total. The number of aliphatic imine (C=N–C) groups is 1. The molecule has 0 fully saturated rings. The van der Waals surface area contributed by atoms with Crippen molar-refractivity contribution in [3.05, 3.63) is 35.4 Å². The molecule has 0 amide bonds. The highest BCUT2D eigenvalue weighted by atomic mass is 127. The van der Waals surface area contributed by atoms with Gasteiger partial charge in [0.05, 0.1) is 6.10 Å². The molecule has 6 heteroatoms. The monoisotopic (exact) mass is 475 g/mol. The SMILES string of the molecule is CCOCCCNC(=NC)NCCCOC1CCCc2ccccc21.I. The van der Waals surface area contributed by atoms with Gasteiger partial charge < -0.3 is 20.1 Å². The molecular formula is C20H34IN3O2. The summed E-state index contributed by atoms with van der Waals surface area (Å²) >= 11 is 0. The summed E-state index contributed by atoms with van der Waals surface area (Å²) in [6, 6.07) is 8.68. The lowest BCUT2D eigenvalue weighted by atomic mass is 9.89. The van der Waals surface area contributed by atoms with Crippen molar-refractivity contribution in [1.82, 2.24) is 10.6 Å². The topological polar surface area (TPSA) is 54.9 Å². The van der Waals surface area contributed by atoms with E-state index in [1.807, 2.05) is 6.92 Å². The average molecular weight is 475 g/mol. The number of hydrogen-bond acceptors (Lipinski definition) is 3. The van der Waals surface area contributed by atoms with E-state index in [2.05, 4.69) is 39.9 Å². The lowest BCUT2D eigenvalue weighted by molar-refractivity contribution is 0.0398. The second-order valence-corrected chi connectivity index (χ2v) is 6.28. The third kappa shape index (κ3) is 8.22. The van der Waals surface area contributed by atoms with Gasteiger partial charge in [0.2, 0.25) is 0 Å². The number of halogens is 1. The second-order valence-electron chi connectivity index (χ2n) is 6.28. The van der Waals surface area contributed by atoms with Gasteiger partial charge in [-0.15, -0.1) is 24.0 Å². The first-order valence-corrected chi connectivity index (χ1v) is 9.56. The lowest BCUT2D eigenvalue weighted by Gasteiger charge is -2.25. The fourth-order valence-electron chi connectivity index (χ4n) is 3.13. The molecule has 0 aliphatic heterocycles. The smallest absolute Gasteiger partial charge is 0.190 e. The Labute approximate surface area is 175 Å². The van der Waals surface area contributed by atoms with E-state index in [0.717, 1.165) is 58.1 Å². The molecule has 0 aromatic heterocycles. The van der Waals surface area contributed by atoms with E-state index in [1.54, 1.807) is 7.05 Å². The van der Waals surface area contributed by atoms with Crippen molar-refractivity contribution >= 4 is 29.9 Å². The summed E-state index contributed by atoms with van der Waals surface area (Å²) in [6.45, 7) is 6.08. The first-order valence-electron chi connectivity index (χ1n) is 9.56. The number of benzene rings is 1. The molecule has 1 aliphatic carbocycles. The average Bonchev–Trinajstić information content (AvgIpc) is 2.66. The molecule has 148 valence electrons. The molecule has 26 heavy (non-hydrogen) atoms. The molecule has 5 nitrogen and oxygen atoms in total. The van der Waals surface area contributed by atoms with Gasteiger partial charge in [0.15, 0.2) is 5.96 Å². The van der Waals surface area contributed by atoms with Gasteiger partial charge in [-0.25, -0.2) is 0 Å². The first-order chi connectivity index (χ1) is 12.3. The maximum absolute atomic E-state index is 6.13. The van der Waals surface area contributed by atoms with Crippen molar-refractivity contribution in [3.63, 3.8) is 0 Å². The number of guanidine groups is 1. The lowest BCUT2D eigenvalue weighted by Crippen LogP contribution is -2.38. The zero-order valence-corrected chi connectivity index (χ0v) is 18.5. The van der Waals surface area contributed by atoms with Crippen molar-refractivity contribution in [2.75, 3.05) is 40.0 Å². The van der Waals surface area contributed by atoms with Gasteiger partial charge in [0.25, 0.3) is 0 Å². The van der Waals surface area contributed by atoms with Gasteiger partial charge in [-0.2, -0.15) is 0 Å². The van der Waals surface area contributed by atoms with E-state index < -0.39 is 0 Å². The van der Waals surface area contributed by atoms with E-state index in [1.165, 1.54) is 24.0 Å². The highest BCUT2D eigenvalue weighted by Crippen LogP contribution is 2.32. The Kier molecular flexibility index (Phi) is 12.7. The molecule has 1 unspecified atom stereocenters. The zero-order valence-electron chi connectivity index (χ0n) is 16.1. The standard InChI is InChI=1S/C20H33N3O2.HI/c1-3-24-15-7-13-22-20(21-2)23-14-8-16-25-19-12-6-10-17-9-4-5-11-18(17)19;/h4-5,9,11,19H,3,6-8,10,12-16H2,1-2H3,(H2,21,22,23);1H. The molecule has 0 radical (unpaired) electrons. The fourth-order valence-corrected chi connectivity index (χ4v) is 3.13. The van der Waals surface area contributed by atoms with Gasteiger partial charge in [-0.1, -0.05) is 24.3 Å².